The molecule has 7 nitrogen and oxygen atoms in total. The summed E-state index contributed by atoms with van der Waals surface area (Å²) in [7, 11) is 1.54. The second-order valence-corrected chi connectivity index (χ2v) is 4.69. The van der Waals surface area contributed by atoms with Crippen molar-refractivity contribution in [2.45, 2.75) is 26.3 Å². The molecule has 0 unspecified atom stereocenters. The molecule has 1 atom stereocenters. The summed E-state index contributed by atoms with van der Waals surface area (Å²) in [6.07, 6.45) is -0.0130. The second kappa shape index (κ2) is 9.57. The minimum atomic E-state index is -1.15. The molecule has 19 heavy (non-hydrogen) atoms. The van der Waals surface area contributed by atoms with Gasteiger partial charge in [0.1, 0.15) is 6.04 Å². The number of aliphatic hydroxyl groups excluding tert-OH is 1. The van der Waals surface area contributed by atoms with Gasteiger partial charge in [-0.1, -0.05) is 13.8 Å². The predicted octanol–water partition coefficient (Wildman–Crippen LogP) is 0.136. The highest BCUT2D eigenvalue weighted by atomic mass is 16.5. The number of urea groups is 1. The number of carboxylic acid groups (broad SMARTS) is 1. The van der Waals surface area contributed by atoms with Gasteiger partial charge < -0.3 is 25.2 Å². The standard InChI is InChI=1S/C12H24N2O5/c1-9(2)8-14(5-7-19-3)12(18)13-10(4-6-15)11(16)17/h9-10,15H,4-8H2,1-3H3,(H,13,18)(H,16,17)/t10-/m0/s1. The number of rotatable bonds is 9. The van der Waals surface area contributed by atoms with Crippen molar-refractivity contribution in [2.24, 2.45) is 5.92 Å². The van der Waals surface area contributed by atoms with E-state index >= 15 is 0 Å². The summed E-state index contributed by atoms with van der Waals surface area (Å²) in [6, 6.07) is -1.53. The first-order chi connectivity index (χ1) is 8.92. The predicted molar refractivity (Wildman–Crippen MR) is 69.9 cm³/mol. The van der Waals surface area contributed by atoms with Crippen LogP contribution in [0.5, 0.6) is 0 Å². The Labute approximate surface area is 113 Å². The lowest BCUT2D eigenvalue weighted by molar-refractivity contribution is -0.139. The van der Waals surface area contributed by atoms with E-state index in [4.69, 9.17) is 14.9 Å². The number of nitrogens with zero attached hydrogens (tertiary/aromatic N) is 1. The number of nitrogens with one attached hydrogen (secondary N) is 1. The van der Waals surface area contributed by atoms with Gasteiger partial charge in [-0.3, -0.25) is 0 Å². The van der Waals surface area contributed by atoms with Gasteiger partial charge in [0, 0.05) is 33.2 Å². The fraction of sp³-hybridized carbons (Fsp3) is 0.833. The fourth-order valence-electron chi connectivity index (χ4n) is 1.54. The number of methoxy groups -OCH3 is 1. The maximum Gasteiger partial charge on any atom is 0.326 e. The van der Waals surface area contributed by atoms with Crippen molar-refractivity contribution in [2.75, 3.05) is 33.4 Å². The third-order valence-corrected chi connectivity index (χ3v) is 2.45. The monoisotopic (exact) mass is 276 g/mol. The van der Waals surface area contributed by atoms with E-state index in [1.807, 2.05) is 13.8 Å². The van der Waals surface area contributed by atoms with Crippen LogP contribution in [0.15, 0.2) is 0 Å². The topological polar surface area (TPSA) is 99.1 Å². The van der Waals surface area contributed by atoms with Crippen LogP contribution in [0.1, 0.15) is 20.3 Å². The van der Waals surface area contributed by atoms with E-state index in [1.54, 1.807) is 0 Å². The molecule has 0 aliphatic carbocycles. The summed E-state index contributed by atoms with van der Waals surface area (Å²) in [5, 5.41) is 20.1. The Hall–Kier alpha value is -1.34. The molecule has 0 saturated heterocycles. The summed E-state index contributed by atoms with van der Waals surface area (Å²) >= 11 is 0. The van der Waals surface area contributed by atoms with Crippen LogP contribution in [0.25, 0.3) is 0 Å². The van der Waals surface area contributed by atoms with Crippen LogP contribution in [0, 0.1) is 5.92 Å². The van der Waals surface area contributed by atoms with E-state index in [9.17, 15) is 9.59 Å². The average molecular weight is 276 g/mol. The Morgan fingerprint density at radius 2 is 2.00 bits per heavy atom. The zero-order valence-corrected chi connectivity index (χ0v) is 11.8. The van der Waals surface area contributed by atoms with Gasteiger partial charge in [0.25, 0.3) is 0 Å². The number of carbonyl (C=O) groups excluding carboxylic acids is 1. The van der Waals surface area contributed by atoms with E-state index in [0.717, 1.165) is 0 Å². The molecule has 112 valence electrons. The van der Waals surface area contributed by atoms with Crippen molar-refractivity contribution < 1.29 is 24.5 Å². The Bertz CT molecular complexity index is 283. The number of carboxylic acids is 1. The smallest absolute Gasteiger partial charge is 0.326 e. The van der Waals surface area contributed by atoms with Crippen molar-refractivity contribution in [3.63, 3.8) is 0 Å². The molecule has 0 aromatic heterocycles. The molecule has 0 aliphatic rings. The molecule has 0 heterocycles. The van der Waals surface area contributed by atoms with Gasteiger partial charge in [-0.25, -0.2) is 9.59 Å². The van der Waals surface area contributed by atoms with E-state index in [0.29, 0.717) is 19.7 Å². The Kier molecular flexibility index (Phi) is 8.90. The number of hydrogen-bond donors (Lipinski definition) is 3. The van der Waals surface area contributed by atoms with Crippen LogP contribution in [-0.4, -0.2) is 66.6 Å². The average Bonchev–Trinajstić information content (AvgIpc) is 2.33. The Balaban J connectivity index is 4.54. The summed E-state index contributed by atoms with van der Waals surface area (Å²) in [5.41, 5.74) is 0. The van der Waals surface area contributed by atoms with Crippen LogP contribution in [-0.2, 0) is 9.53 Å². The third kappa shape index (κ3) is 7.63. The molecule has 0 radical (unpaired) electrons. The number of amides is 2. The molecule has 0 bridgehead atoms. The van der Waals surface area contributed by atoms with Crippen molar-refractivity contribution in [3.8, 4) is 0 Å². The molecule has 0 aromatic carbocycles. The third-order valence-electron chi connectivity index (χ3n) is 2.45. The van der Waals surface area contributed by atoms with E-state index in [-0.39, 0.29) is 18.9 Å². The van der Waals surface area contributed by atoms with Gasteiger partial charge in [0.05, 0.1) is 6.61 Å². The largest absolute Gasteiger partial charge is 0.480 e. The maximum atomic E-state index is 12.0. The summed E-state index contributed by atoms with van der Waals surface area (Å²) in [4.78, 5) is 24.4. The summed E-state index contributed by atoms with van der Waals surface area (Å²) < 4.78 is 4.93. The molecule has 0 aliphatic heterocycles. The molecule has 7 heteroatoms. The van der Waals surface area contributed by atoms with Gasteiger partial charge in [-0.2, -0.15) is 0 Å². The number of ether oxygens (including phenoxy) is 1. The second-order valence-electron chi connectivity index (χ2n) is 4.69. The molecule has 0 fully saturated rings. The molecular weight excluding hydrogens is 252 g/mol. The summed E-state index contributed by atoms with van der Waals surface area (Å²) in [6.45, 7) is 4.94. The van der Waals surface area contributed by atoms with Gasteiger partial charge in [-0.05, 0) is 5.92 Å². The minimum absolute atomic E-state index is 0.0130. The zero-order valence-electron chi connectivity index (χ0n) is 11.8. The molecular formula is C12H24N2O5. The first kappa shape index (κ1) is 17.7. The highest BCUT2D eigenvalue weighted by molar-refractivity contribution is 5.82. The number of carbonyl (C=O) groups is 2. The molecule has 2 amide bonds. The van der Waals surface area contributed by atoms with Crippen LogP contribution >= 0.6 is 0 Å². The van der Waals surface area contributed by atoms with Crippen LogP contribution in [0.2, 0.25) is 0 Å². The van der Waals surface area contributed by atoms with Crippen molar-refractivity contribution >= 4 is 12.0 Å². The Morgan fingerprint density at radius 1 is 1.37 bits per heavy atom. The first-order valence-electron chi connectivity index (χ1n) is 6.30. The molecule has 0 saturated carbocycles. The van der Waals surface area contributed by atoms with Crippen LogP contribution in [0.3, 0.4) is 0 Å². The van der Waals surface area contributed by atoms with Gasteiger partial charge in [0.15, 0.2) is 0 Å². The van der Waals surface area contributed by atoms with E-state index < -0.39 is 18.0 Å². The minimum Gasteiger partial charge on any atom is -0.480 e. The normalized spacial score (nSPS) is 12.3. The van der Waals surface area contributed by atoms with Crippen molar-refractivity contribution in [3.05, 3.63) is 0 Å². The number of aliphatic hydroxyl groups is 1. The number of hydrogen-bond acceptors (Lipinski definition) is 4. The SMILES string of the molecule is COCCN(CC(C)C)C(=O)N[C@@H](CCO)C(=O)O. The van der Waals surface area contributed by atoms with Gasteiger partial charge >= 0.3 is 12.0 Å². The molecule has 3 N–H and O–H groups in total. The van der Waals surface area contributed by atoms with Gasteiger partial charge in [-0.15, -0.1) is 0 Å². The molecule has 0 aromatic rings. The zero-order chi connectivity index (χ0) is 14.8. The lowest BCUT2D eigenvalue weighted by Crippen LogP contribution is -2.50. The lowest BCUT2D eigenvalue weighted by Gasteiger charge is -2.26. The van der Waals surface area contributed by atoms with E-state index in [1.165, 1.54) is 12.0 Å². The highest BCUT2D eigenvalue weighted by Crippen LogP contribution is 2.01. The van der Waals surface area contributed by atoms with Crippen molar-refractivity contribution in [1.29, 1.82) is 0 Å². The number of aliphatic carboxylic acids is 1. The quantitative estimate of drug-likeness (QED) is 0.556. The van der Waals surface area contributed by atoms with E-state index in [2.05, 4.69) is 5.32 Å². The molecule has 0 rings (SSSR count). The Morgan fingerprint density at radius 3 is 2.42 bits per heavy atom. The van der Waals surface area contributed by atoms with Gasteiger partial charge in [0.2, 0.25) is 0 Å². The van der Waals surface area contributed by atoms with Crippen molar-refractivity contribution in [1.82, 2.24) is 10.2 Å². The maximum absolute atomic E-state index is 12.0. The summed E-state index contributed by atoms with van der Waals surface area (Å²) in [5.74, 6) is -0.887. The van der Waals surface area contributed by atoms with Crippen LogP contribution < -0.4 is 5.32 Å². The fourth-order valence-corrected chi connectivity index (χ4v) is 1.54. The highest BCUT2D eigenvalue weighted by Gasteiger charge is 2.22. The first-order valence-corrected chi connectivity index (χ1v) is 6.30. The molecule has 0 spiro atoms. The van der Waals surface area contributed by atoms with Crippen LogP contribution in [0.4, 0.5) is 4.79 Å². The lowest BCUT2D eigenvalue weighted by atomic mass is 10.2.